The fourth-order valence-corrected chi connectivity index (χ4v) is 3.35. The van der Waals surface area contributed by atoms with Gasteiger partial charge in [-0.15, -0.1) is 0 Å². The number of hydrogen-bond acceptors (Lipinski definition) is 14. The summed E-state index contributed by atoms with van der Waals surface area (Å²) in [7, 11) is 0. The zero-order chi connectivity index (χ0) is 37.6. The highest BCUT2D eigenvalue weighted by Gasteiger charge is 2.21. The molecule has 1 aromatic rings. The van der Waals surface area contributed by atoms with E-state index >= 15 is 0 Å². The normalized spacial score (nSPS) is 11.4. The smallest absolute Gasteiger partial charge is 0.333 e. The van der Waals surface area contributed by atoms with Crippen LogP contribution in [0.2, 0.25) is 0 Å². The number of carbonyl (C=O) groups excluding carboxylic acids is 6. The quantitative estimate of drug-likeness (QED) is 0.0645. The molecule has 0 saturated carbocycles. The predicted octanol–water partition coefficient (Wildman–Crippen LogP) is 4.31. The van der Waals surface area contributed by atoms with Gasteiger partial charge in [-0.05, 0) is 52.7 Å². The summed E-state index contributed by atoms with van der Waals surface area (Å²) >= 11 is 0. The Morgan fingerprint density at radius 1 is 0.540 bits per heavy atom. The molecule has 1 rings (SSSR count). The Balaban J connectivity index is 2.82. The van der Waals surface area contributed by atoms with Gasteiger partial charge in [0.1, 0.15) is 37.9 Å². The minimum atomic E-state index is -0.996. The van der Waals surface area contributed by atoms with Crippen molar-refractivity contribution in [3.05, 3.63) is 72.9 Å². The molecular formula is C36H46O14. The second kappa shape index (κ2) is 23.0. The summed E-state index contributed by atoms with van der Waals surface area (Å²) in [6.45, 7) is 18.9. The fourth-order valence-electron chi connectivity index (χ4n) is 3.35. The lowest BCUT2D eigenvalue weighted by Crippen LogP contribution is -2.31. The van der Waals surface area contributed by atoms with E-state index in [-0.39, 0.29) is 87.6 Å². The Hall–Kier alpha value is -5.40. The topological polar surface area (TPSA) is 176 Å². The maximum absolute atomic E-state index is 12.5. The number of rotatable bonds is 24. The van der Waals surface area contributed by atoms with Gasteiger partial charge in [0.15, 0.2) is 12.2 Å². The molecule has 0 aliphatic heterocycles. The third-order valence-electron chi connectivity index (χ3n) is 5.98. The number of hydrogen-bond donors (Lipinski definition) is 0. The van der Waals surface area contributed by atoms with Crippen molar-refractivity contribution < 1.29 is 66.7 Å². The van der Waals surface area contributed by atoms with Crippen molar-refractivity contribution in [2.24, 2.45) is 0 Å². The van der Waals surface area contributed by atoms with E-state index in [0.717, 1.165) is 0 Å². The van der Waals surface area contributed by atoms with Crippen LogP contribution in [-0.2, 0) is 57.2 Å². The molecule has 0 radical (unpaired) electrons. The van der Waals surface area contributed by atoms with Crippen molar-refractivity contribution in [1.82, 2.24) is 0 Å². The molecule has 1 aromatic carbocycles. The van der Waals surface area contributed by atoms with E-state index in [9.17, 15) is 28.8 Å². The van der Waals surface area contributed by atoms with Crippen LogP contribution < -0.4 is 9.47 Å². The van der Waals surface area contributed by atoms with Gasteiger partial charge in [-0.3, -0.25) is 9.59 Å². The zero-order valence-electron chi connectivity index (χ0n) is 29.1. The van der Waals surface area contributed by atoms with Gasteiger partial charge in [0.05, 0.1) is 13.2 Å². The van der Waals surface area contributed by atoms with Gasteiger partial charge in [-0.2, -0.15) is 0 Å². The lowest BCUT2D eigenvalue weighted by molar-refractivity contribution is -0.159. The second-order valence-corrected chi connectivity index (χ2v) is 11.1. The molecule has 14 heteroatoms. The first-order valence-electron chi connectivity index (χ1n) is 15.6. The highest BCUT2D eigenvalue weighted by molar-refractivity contribution is 5.88. The Kier molecular flexibility index (Phi) is 19.6. The van der Waals surface area contributed by atoms with Crippen molar-refractivity contribution >= 4 is 35.8 Å². The van der Waals surface area contributed by atoms with E-state index in [1.54, 1.807) is 18.2 Å². The van der Waals surface area contributed by atoms with Crippen LogP contribution in [0.4, 0.5) is 0 Å². The summed E-state index contributed by atoms with van der Waals surface area (Å²) in [4.78, 5) is 71.8. The molecule has 0 spiro atoms. The molecule has 0 aromatic heterocycles. The maximum Gasteiger partial charge on any atom is 0.333 e. The van der Waals surface area contributed by atoms with Crippen molar-refractivity contribution in [2.75, 3.05) is 39.6 Å². The molecule has 0 fully saturated rings. The summed E-state index contributed by atoms with van der Waals surface area (Å²) in [6.07, 6.45) is -1.75. The first-order chi connectivity index (χ1) is 23.6. The summed E-state index contributed by atoms with van der Waals surface area (Å²) in [6, 6.07) is 6.35. The molecule has 0 aliphatic rings. The van der Waals surface area contributed by atoms with Crippen LogP contribution in [0.1, 0.15) is 53.4 Å². The van der Waals surface area contributed by atoms with E-state index < -0.39 is 48.0 Å². The van der Waals surface area contributed by atoms with Gasteiger partial charge in [0, 0.05) is 41.2 Å². The fraction of sp³-hybridized carbons (Fsp3) is 0.444. The van der Waals surface area contributed by atoms with E-state index in [2.05, 4.69) is 26.3 Å². The highest BCUT2D eigenvalue weighted by Crippen LogP contribution is 2.21. The van der Waals surface area contributed by atoms with Gasteiger partial charge in [-0.25, -0.2) is 19.2 Å². The van der Waals surface area contributed by atoms with Crippen LogP contribution in [0.15, 0.2) is 72.9 Å². The molecule has 0 aliphatic carbocycles. The minimum Gasteiger partial charge on any atom is -0.489 e. The summed E-state index contributed by atoms with van der Waals surface area (Å²) in [5.41, 5.74) is 0.780. The molecule has 0 bridgehead atoms. The standard InChI is InChI=1S/C36H46O14/c1-23(2)33(39)43-16-10-14-31(37)49-29(21-47-35(41)25(5)6)19-45-27-12-9-13-28(18-27)46-20-30(22-48-36(42)26(7)8)50-32(38)15-11-17-44-34(40)24(3)4/h9,12-13,18,29-30H,1,3,5,7,10-11,14-17,19-22H2,2,4,6,8H3. The van der Waals surface area contributed by atoms with E-state index in [4.69, 9.17) is 37.9 Å². The van der Waals surface area contributed by atoms with E-state index in [1.165, 1.54) is 33.8 Å². The van der Waals surface area contributed by atoms with Crippen molar-refractivity contribution in [3.63, 3.8) is 0 Å². The Labute approximate surface area is 291 Å². The van der Waals surface area contributed by atoms with Gasteiger partial charge < -0.3 is 37.9 Å². The largest absolute Gasteiger partial charge is 0.489 e. The SMILES string of the molecule is C=C(C)C(=O)OCCCC(=O)OC(COC(=O)C(=C)C)COc1cccc(OCC(COC(=O)C(=C)C)OC(=O)CCCOC(=O)C(=C)C)c1. The van der Waals surface area contributed by atoms with Gasteiger partial charge in [0.25, 0.3) is 0 Å². The van der Waals surface area contributed by atoms with E-state index in [0.29, 0.717) is 11.5 Å². The summed E-state index contributed by atoms with van der Waals surface area (Å²) in [5, 5.41) is 0. The third-order valence-corrected chi connectivity index (χ3v) is 5.98. The molecule has 0 saturated heterocycles. The molecule has 2 unspecified atom stereocenters. The Morgan fingerprint density at radius 2 is 0.880 bits per heavy atom. The highest BCUT2D eigenvalue weighted by atomic mass is 16.6. The van der Waals surface area contributed by atoms with Crippen LogP contribution in [0.3, 0.4) is 0 Å². The van der Waals surface area contributed by atoms with Crippen LogP contribution in [0.5, 0.6) is 11.5 Å². The van der Waals surface area contributed by atoms with Gasteiger partial charge in [-0.1, -0.05) is 32.4 Å². The molecule has 0 heterocycles. The lowest BCUT2D eigenvalue weighted by atomic mass is 10.3. The molecule has 274 valence electrons. The molecule has 0 amide bonds. The van der Waals surface area contributed by atoms with Crippen LogP contribution in [-0.4, -0.2) is 87.7 Å². The lowest BCUT2D eigenvalue weighted by Gasteiger charge is -2.20. The Morgan fingerprint density at radius 3 is 1.22 bits per heavy atom. The molecule has 50 heavy (non-hydrogen) atoms. The summed E-state index contributed by atoms with van der Waals surface area (Å²) < 4.78 is 42.7. The maximum atomic E-state index is 12.5. The number of ether oxygens (including phenoxy) is 8. The minimum absolute atomic E-state index is 0.0112. The van der Waals surface area contributed by atoms with E-state index in [1.807, 2.05) is 0 Å². The first kappa shape index (κ1) is 42.6. The first-order valence-corrected chi connectivity index (χ1v) is 15.6. The van der Waals surface area contributed by atoms with Crippen LogP contribution >= 0.6 is 0 Å². The predicted molar refractivity (Wildman–Crippen MR) is 179 cm³/mol. The molecular weight excluding hydrogens is 656 g/mol. The average molecular weight is 703 g/mol. The third kappa shape index (κ3) is 18.8. The number of carbonyl (C=O) groups is 6. The second-order valence-electron chi connectivity index (χ2n) is 11.1. The molecule has 0 N–H and O–H groups in total. The van der Waals surface area contributed by atoms with Gasteiger partial charge >= 0.3 is 35.8 Å². The average Bonchev–Trinajstić information content (AvgIpc) is 3.06. The van der Waals surface area contributed by atoms with Crippen LogP contribution in [0.25, 0.3) is 0 Å². The number of esters is 6. The molecule has 2 atom stereocenters. The molecule has 14 nitrogen and oxygen atoms in total. The van der Waals surface area contributed by atoms with Gasteiger partial charge in [0.2, 0.25) is 0 Å². The number of benzene rings is 1. The van der Waals surface area contributed by atoms with Crippen molar-refractivity contribution in [2.45, 2.75) is 65.6 Å². The summed E-state index contributed by atoms with van der Waals surface area (Å²) in [5.74, 6) is -3.15. The van der Waals surface area contributed by atoms with Crippen LogP contribution in [0, 0.1) is 0 Å². The Bertz CT molecular complexity index is 1310. The monoisotopic (exact) mass is 702 g/mol. The van der Waals surface area contributed by atoms with Crippen molar-refractivity contribution in [3.8, 4) is 11.5 Å². The van der Waals surface area contributed by atoms with Crippen molar-refractivity contribution in [1.29, 1.82) is 0 Å². The zero-order valence-corrected chi connectivity index (χ0v) is 29.1.